The van der Waals surface area contributed by atoms with Crippen LogP contribution in [0.3, 0.4) is 0 Å². The summed E-state index contributed by atoms with van der Waals surface area (Å²) in [6.45, 7) is 0. The summed E-state index contributed by atoms with van der Waals surface area (Å²) in [6, 6.07) is 9.58. The maximum absolute atomic E-state index is 12.7. The minimum absolute atomic E-state index is 0.158. The number of thiophene rings is 1. The average molecular weight is 398 g/mol. The number of halogens is 1. The van der Waals surface area contributed by atoms with Crippen molar-refractivity contribution in [2.75, 3.05) is 7.11 Å². The van der Waals surface area contributed by atoms with E-state index in [2.05, 4.69) is 9.71 Å². The van der Waals surface area contributed by atoms with E-state index < -0.39 is 16.1 Å². The molecule has 0 aliphatic heterocycles. The fourth-order valence-corrected chi connectivity index (χ4v) is 5.06. The monoisotopic (exact) mass is 397 g/mol. The second-order valence-corrected chi connectivity index (χ2v) is 8.94. The number of hydrogen-bond acceptors (Lipinski definition) is 5. The molecule has 0 saturated carbocycles. The quantitative estimate of drug-likeness (QED) is 0.693. The Bertz CT molecular complexity index is 965. The Balaban J connectivity index is 2.01. The van der Waals surface area contributed by atoms with Crippen LogP contribution in [0.1, 0.15) is 17.4 Å². The van der Waals surface area contributed by atoms with E-state index in [1.54, 1.807) is 42.3 Å². The van der Waals surface area contributed by atoms with Crippen molar-refractivity contribution in [1.82, 2.24) is 14.3 Å². The molecule has 0 aliphatic rings. The molecule has 9 heteroatoms. The number of nitrogens with zero attached hydrogens (tertiary/aromatic N) is 2. The Labute approximate surface area is 155 Å². The lowest BCUT2D eigenvalue weighted by atomic mass is 10.1. The van der Waals surface area contributed by atoms with Gasteiger partial charge in [-0.2, -0.15) is 4.72 Å². The number of sulfonamides is 1. The Kier molecular flexibility index (Phi) is 5.14. The summed E-state index contributed by atoms with van der Waals surface area (Å²) in [5.41, 5.74) is 0.751. The first-order valence-electron chi connectivity index (χ1n) is 7.29. The third-order valence-electron chi connectivity index (χ3n) is 3.65. The molecule has 25 heavy (non-hydrogen) atoms. The summed E-state index contributed by atoms with van der Waals surface area (Å²) in [6.07, 6.45) is 3.39. The zero-order chi connectivity index (χ0) is 18.0. The number of imidazole rings is 1. The van der Waals surface area contributed by atoms with Crippen LogP contribution in [0, 0.1) is 0 Å². The Morgan fingerprint density at radius 3 is 2.48 bits per heavy atom. The summed E-state index contributed by atoms with van der Waals surface area (Å²) in [4.78, 5) is 4.30. The SMILES string of the molecule is COc1ccc(C(NS(=O)(=O)c2ccc(Cl)s2)c2nccn2C)cc1. The first-order valence-corrected chi connectivity index (χ1v) is 9.97. The van der Waals surface area contributed by atoms with Gasteiger partial charge in [0.25, 0.3) is 10.0 Å². The third-order valence-corrected chi connectivity index (χ3v) is 6.80. The zero-order valence-electron chi connectivity index (χ0n) is 13.5. The second kappa shape index (κ2) is 7.17. The molecule has 0 bridgehead atoms. The number of nitrogens with one attached hydrogen (secondary N) is 1. The van der Waals surface area contributed by atoms with Gasteiger partial charge in [0.15, 0.2) is 0 Å². The van der Waals surface area contributed by atoms with E-state index in [4.69, 9.17) is 16.3 Å². The average Bonchev–Trinajstić information content (AvgIpc) is 3.22. The van der Waals surface area contributed by atoms with Crippen molar-refractivity contribution in [3.63, 3.8) is 0 Å². The van der Waals surface area contributed by atoms with Crippen LogP contribution in [0.25, 0.3) is 0 Å². The van der Waals surface area contributed by atoms with Gasteiger partial charge in [0.05, 0.1) is 11.4 Å². The van der Waals surface area contributed by atoms with E-state index in [9.17, 15) is 8.42 Å². The fourth-order valence-electron chi connectivity index (χ4n) is 2.38. The largest absolute Gasteiger partial charge is 0.497 e. The minimum atomic E-state index is -3.75. The van der Waals surface area contributed by atoms with Gasteiger partial charge in [-0.05, 0) is 29.8 Å². The van der Waals surface area contributed by atoms with Crippen molar-refractivity contribution < 1.29 is 13.2 Å². The molecule has 3 rings (SSSR count). The van der Waals surface area contributed by atoms with Crippen molar-refractivity contribution >= 4 is 33.0 Å². The molecule has 1 N–H and O–H groups in total. The second-order valence-electron chi connectivity index (χ2n) is 5.28. The van der Waals surface area contributed by atoms with Gasteiger partial charge in [-0.1, -0.05) is 23.7 Å². The predicted molar refractivity (Wildman–Crippen MR) is 97.7 cm³/mol. The molecule has 2 heterocycles. The Hall–Kier alpha value is -1.87. The van der Waals surface area contributed by atoms with Gasteiger partial charge in [0.2, 0.25) is 0 Å². The summed E-state index contributed by atoms with van der Waals surface area (Å²) in [7, 11) is -0.353. The third kappa shape index (κ3) is 3.87. The van der Waals surface area contributed by atoms with Gasteiger partial charge >= 0.3 is 0 Å². The summed E-state index contributed by atoms with van der Waals surface area (Å²) >= 11 is 6.88. The molecule has 3 aromatic rings. The normalized spacial score (nSPS) is 12.9. The zero-order valence-corrected chi connectivity index (χ0v) is 15.9. The lowest BCUT2D eigenvalue weighted by Gasteiger charge is -2.19. The molecule has 0 radical (unpaired) electrons. The van der Waals surface area contributed by atoms with Crippen LogP contribution in [-0.2, 0) is 17.1 Å². The highest BCUT2D eigenvalue weighted by molar-refractivity contribution is 7.91. The first kappa shape index (κ1) is 17.9. The number of rotatable bonds is 6. The first-order chi connectivity index (χ1) is 11.9. The van der Waals surface area contributed by atoms with Crippen LogP contribution in [-0.4, -0.2) is 25.1 Å². The standard InChI is InChI=1S/C16H16ClN3O3S2/c1-20-10-9-18-16(20)15(11-3-5-12(23-2)6-4-11)19-25(21,22)14-8-7-13(17)24-14/h3-10,15,19H,1-2H3. The molecule has 0 aliphatic carbocycles. The number of aryl methyl sites for hydroxylation is 1. The van der Waals surface area contributed by atoms with Crippen molar-refractivity contribution in [2.45, 2.75) is 10.3 Å². The van der Waals surface area contributed by atoms with Gasteiger partial charge in [0, 0.05) is 19.4 Å². The van der Waals surface area contributed by atoms with Crippen LogP contribution in [0.4, 0.5) is 0 Å². The van der Waals surface area contributed by atoms with Gasteiger partial charge in [-0.3, -0.25) is 0 Å². The highest BCUT2D eigenvalue weighted by Crippen LogP contribution is 2.29. The number of ether oxygens (including phenoxy) is 1. The Morgan fingerprint density at radius 2 is 1.96 bits per heavy atom. The van der Waals surface area contributed by atoms with E-state index in [-0.39, 0.29) is 4.21 Å². The van der Waals surface area contributed by atoms with Crippen LogP contribution < -0.4 is 9.46 Å². The molecule has 1 unspecified atom stereocenters. The minimum Gasteiger partial charge on any atom is -0.497 e. The van der Waals surface area contributed by atoms with Gasteiger partial charge in [0.1, 0.15) is 21.8 Å². The lowest BCUT2D eigenvalue weighted by molar-refractivity contribution is 0.414. The number of benzene rings is 1. The number of hydrogen-bond donors (Lipinski definition) is 1. The maximum Gasteiger partial charge on any atom is 0.251 e. The van der Waals surface area contributed by atoms with Gasteiger partial charge in [-0.25, -0.2) is 13.4 Å². The molecule has 0 saturated heterocycles. The summed E-state index contributed by atoms with van der Waals surface area (Å²) in [5, 5.41) is 0. The van der Waals surface area contributed by atoms with Crippen molar-refractivity contribution in [1.29, 1.82) is 0 Å². The number of aromatic nitrogens is 2. The molecular formula is C16H16ClN3O3S2. The molecule has 0 amide bonds. The molecule has 2 aromatic heterocycles. The lowest BCUT2D eigenvalue weighted by Crippen LogP contribution is -2.30. The van der Waals surface area contributed by atoms with Crippen molar-refractivity contribution in [3.8, 4) is 5.75 Å². The van der Waals surface area contributed by atoms with Crippen molar-refractivity contribution in [3.05, 3.63) is 64.5 Å². The molecule has 1 aromatic carbocycles. The van der Waals surface area contributed by atoms with Crippen molar-refractivity contribution in [2.24, 2.45) is 7.05 Å². The van der Waals surface area contributed by atoms with Crippen LogP contribution in [0.5, 0.6) is 5.75 Å². The van der Waals surface area contributed by atoms with Crippen LogP contribution >= 0.6 is 22.9 Å². The molecule has 0 fully saturated rings. The van der Waals surface area contributed by atoms with E-state index in [1.165, 1.54) is 6.07 Å². The van der Waals surface area contributed by atoms with Crippen LogP contribution in [0.2, 0.25) is 4.34 Å². The van der Waals surface area contributed by atoms with E-state index in [1.807, 2.05) is 19.2 Å². The summed E-state index contributed by atoms with van der Waals surface area (Å²) in [5.74, 6) is 1.27. The Morgan fingerprint density at radius 1 is 1.24 bits per heavy atom. The number of methoxy groups -OCH3 is 1. The van der Waals surface area contributed by atoms with Gasteiger partial charge < -0.3 is 9.30 Å². The molecule has 132 valence electrons. The molecule has 6 nitrogen and oxygen atoms in total. The summed E-state index contributed by atoms with van der Waals surface area (Å²) < 4.78 is 35.7. The molecule has 1 atom stereocenters. The maximum atomic E-state index is 12.7. The smallest absolute Gasteiger partial charge is 0.251 e. The molecular weight excluding hydrogens is 382 g/mol. The fraction of sp³-hybridized carbons (Fsp3) is 0.188. The van der Waals surface area contributed by atoms with E-state index in [0.29, 0.717) is 15.9 Å². The van der Waals surface area contributed by atoms with Crippen LogP contribution in [0.15, 0.2) is 53.0 Å². The molecule has 0 spiro atoms. The van der Waals surface area contributed by atoms with E-state index >= 15 is 0 Å². The highest BCUT2D eigenvalue weighted by atomic mass is 35.5. The van der Waals surface area contributed by atoms with E-state index in [0.717, 1.165) is 16.9 Å². The predicted octanol–water partition coefficient (Wildman–Crippen LogP) is 3.21. The highest BCUT2D eigenvalue weighted by Gasteiger charge is 2.26. The van der Waals surface area contributed by atoms with Gasteiger partial charge in [-0.15, -0.1) is 11.3 Å². The topological polar surface area (TPSA) is 73.2 Å².